The number of nitrogens with one attached hydrogen (secondary N) is 3. The molecule has 0 saturated carbocycles. The Kier molecular flexibility index (Phi) is 5.70. The van der Waals surface area contributed by atoms with E-state index in [1.54, 1.807) is 36.4 Å². The van der Waals surface area contributed by atoms with E-state index < -0.39 is 11.8 Å². The second-order valence-corrected chi connectivity index (χ2v) is 5.99. The Morgan fingerprint density at radius 2 is 1.25 bits per heavy atom. The largest absolute Gasteiger partial charge is 0.326 e. The number of amides is 3. The zero-order valence-electron chi connectivity index (χ0n) is 13.1. The highest BCUT2D eigenvalue weighted by atomic mass is 79.9. The third-order valence-corrected chi connectivity index (χ3v) is 3.95. The Hall–Kier alpha value is -2.67. The van der Waals surface area contributed by atoms with Gasteiger partial charge in [0.15, 0.2) is 0 Å². The summed E-state index contributed by atoms with van der Waals surface area (Å²) in [6.07, 6.45) is 0. The fourth-order valence-electron chi connectivity index (χ4n) is 1.89. The van der Waals surface area contributed by atoms with Crippen LogP contribution >= 0.6 is 15.9 Å². The number of halogens is 1. The molecule has 0 fully saturated rings. The van der Waals surface area contributed by atoms with E-state index >= 15 is 0 Å². The van der Waals surface area contributed by atoms with Crippen molar-refractivity contribution < 1.29 is 14.4 Å². The van der Waals surface area contributed by atoms with Gasteiger partial charge in [-0.05, 0) is 48.9 Å². The fraction of sp³-hybridized carbons (Fsp3) is 0.118. The molecule has 0 unspecified atom stereocenters. The van der Waals surface area contributed by atoms with Crippen molar-refractivity contribution in [1.29, 1.82) is 0 Å². The van der Waals surface area contributed by atoms with E-state index in [0.29, 0.717) is 17.1 Å². The van der Waals surface area contributed by atoms with Crippen molar-refractivity contribution in [3.05, 3.63) is 52.5 Å². The van der Waals surface area contributed by atoms with E-state index in [0.717, 1.165) is 10.0 Å². The maximum atomic E-state index is 11.9. The molecule has 0 atom stereocenters. The fourth-order valence-corrected chi connectivity index (χ4v) is 2.27. The first-order valence-corrected chi connectivity index (χ1v) is 7.90. The lowest BCUT2D eigenvalue weighted by molar-refractivity contribution is -0.132. The van der Waals surface area contributed by atoms with Gasteiger partial charge >= 0.3 is 11.8 Å². The first-order valence-electron chi connectivity index (χ1n) is 7.11. The van der Waals surface area contributed by atoms with E-state index in [1.165, 1.54) is 6.92 Å². The summed E-state index contributed by atoms with van der Waals surface area (Å²) in [4.78, 5) is 34.8. The maximum Gasteiger partial charge on any atom is 0.314 e. The average Bonchev–Trinajstić information content (AvgIpc) is 2.52. The van der Waals surface area contributed by atoms with Crippen LogP contribution in [-0.2, 0) is 14.4 Å². The highest BCUT2D eigenvalue weighted by molar-refractivity contribution is 9.10. The third kappa shape index (κ3) is 4.92. The monoisotopic (exact) mass is 389 g/mol. The smallest absolute Gasteiger partial charge is 0.314 e. The number of hydrogen-bond acceptors (Lipinski definition) is 3. The minimum absolute atomic E-state index is 0.185. The van der Waals surface area contributed by atoms with E-state index in [2.05, 4.69) is 31.9 Å². The van der Waals surface area contributed by atoms with Crippen LogP contribution < -0.4 is 16.0 Å². The normalized spacial score (nSPS) is 9.96. The first-order chi connectivity index (χ1) is 11.3. The Balaban J connectivity index is 1.97. The van der Waals surface area contributed by atoms with Crippen LogP contribution in [0.5, 0.6) is 0 Å². The number of carbonyl (C=O) groups is 3. The summed E-state index contributed by atoms with van der Waals surface area (Å²) in [5, 5.41) is 7.64. The molecule has 6 nitrogen and oxygen atoms in total. The van der Waals surface area contributed by atoms with Gasteiger partial charge in [-0.15, -0.1) is 0 Å². The summed E-state index contributed by atoms with van der Waals surface area (Å²) >= 11 is 3.37. The standard InChI is InChI=1S/C17H16BrN3O3/c1-10-3-4-14(9-15(10)18)21-17(24)16(23)20-13-7-5-12(6-8-13)19-11(2)22/h3-9H,1-2H3,(H,19,22)(H,20,23)(H,21,24). The number of hydrogen-bond donors (Lipinski definition) is 3. The van der Waals surface area contributed by atoms with Crippen molar-refractivity contribution in [2.75, 3.05) is 16.0 Å². The van der Waals surface area contributed by atoms with E-state index in [1.807, 2.05) is 13.0 Å². The SMILES string of the molecule is CC(=O)Nc1ccc(NC(=O)C(=O)Nc2ccc(C)c(Br)c2)cc1. The molecule has 0 spiro atoms. The van der Waals surface area contributed by atoms with Crippen molar-refractivity contribution in [1.82, 2.24) is 0 Å². The van der Waals surface area contributed by atoms with Gasteiger partial charge in [-0.1, -0.05) is 22.0 Å². The van der Waals surface area contributed by atoms with Crippen LogP contribution in [0.25, 0.3) is 0 Å². The molecule has 0 saturated heterocycles. The van der Waals surface area contributed by atoms with Crippen LogP contribution in [0, 0.1) is 6.92 Å². The molecule has 2 aromatic rings. The van der Waals surface area contributed by atoms with Gasteiger partial charge in [-0.3, -0.25) is 14.4 Å². The molecule has 0 aliphatic rings. The zero-order chi connectivity index (χ0) is 17.7. The predicted molar refractivity (Wildman–Crippen MR) is 96.9 cm³/mol. The van der Waals surface area contributed by atoms with Gasteiger partial charge in [0.05, 0.1) is 0 Å². The molecule has 0 bridgehead atoms. The molecule has 2 aromatic carbocycles. The Labute approximate surface area is 147 Å². The van der Waals surface area contributed by atoms with Crippen molar-refractivity contribution in [3.8, 4) is 0 Å². The molecule has 2 rings (SSSR count). The first kappa shape index (κ1) is 17.7. The molecule has 0 aliphatic heterocycles. The van der Waals surface area contributed by atoms with Crippen molar-refractivity contribution >= 4 is 50.7 Å². The number of carbonyl (C=O) groups excluding carboxylic acids is 3. The highest BCUT2D eigenvalue weighted by Crippen LogP contribution is 2.20. The zero-order valence-corrected chi connectivity index (χ0v) is 14.7. The quantitative estimate of drug-likeness (QED) is 0.703. The van der Waals surface area contributed by atoms with Crippen molar-refractivity contribution in [2.24, 2.45) is 0 Å². The molecule has 0 aliphatic carbocycles. The molecule has 3 amide bonds. The van der Waals surface area contributed by atoms with Crippen LogP contribution in [0.15, 0.2) is 46.9 Å². The Morgan fingerprint density at radius 3 is 1.75 bits per heavy atom. The summed E-state index contributed by atoms with van der Waals surface area (Å²) in [7, 11) is 0. The maximum absolute atomic E-state index is 11.9. The summed E-state index contributed by atoms with van der Waals surface area (Å²) < 4.78 is 0.842. The summed E-state index contributed by atoms with van der Waals surface area (Å²) in [5.74, 6) is -1.73. The van der Waals surface area contributed by atoms with Gasteiger partial charge in [0, 0.05) is 28.5 Å². The average molecular weight is 390 g/mol. The molecule has 7 heteroatoms. The lowest BCUT2D eigenvalue weighted by Crippen LogP contribution is -2.29. The summed E-state index contributed by atoms with van der Waals surface area (Å²) in [6, 6.07) is 11.7. The third-order valence-electron chi connectivity index (χ3n) is 3.10. The molecular weight excluding hydrogens is 374 g/mol. The van der Waals surface area contributed by atoms with Crippen LogP contribution in [0.4, 0.5) is 17.1 Å². The van der Waals surface area contributed by atoms with Crippen LogP contribution in [0.3, 0.4) is 0 Å². The molecule has 3 N–H and O–H groups in total. The molecule has 124 valence electrons. The minimum atomic E-state index is -0.779. The van der Waals surface area contributed by atoms with E-state index in [4.69, 9.17) is 0 Å². The lowest BCUT2D eigenvalue weighted by atomic mass is 10.2. The molecule has 0 radical (unpaired) electrons. The Bertz CT molecular complexity index is 788. The predicted octanol–water partition coefficient (Wildman–Crippen LogP) is 3.29. The van der Waals surface area contributed by atoms with E-state index in [-0.39, 0.29) is 5.91 Å². The molecule has 0 aromatic heterocycles. The molecule has 24 heavy (non-hydrogen) atoms. The van der Waals surface area contributed by atoms with E-state index in [9.17, 15) is 14.4 Å². The van der Waals surface area contributed by atoms with Crippen LogP contribution in [0.2, 0.25) is 0 Å². The van der Waals surface area contributed by atoms with Crippen LogP contribution in [0.1, 0.15) is 12.5 Å². The van der Waals surface area contributed by atoms with Gasteiger partial charge in [-0.2, -0.15) is 0 Å². The minimum Gasteiger partial charge on any atom is -0.326 e. The van der Waals surface area contributed by atoms with Gasteiger partial charge < -0.3 is 16.0 Å². The molecule has 0 heterocycles. The number of benzene rings is 2. The summed E-state index contributed by atoms with van der Waals surface area (Å²) in [6.45, 7) is 3.33. The second kappa shape index (κ2) is 7.74. The number of anilines is 3. The lowest BCUT2D eigenvalue weighted by Gasteiger charge is -2.08. The van der Waals surface area contributed by atoms with Gasteiger partial charge in [0.1, 0.15) is 0 Å². The molecular formula is C17H16BrN3O3. The van der Waals surface area contributed by atoms with Crippen molar-refractivity contribution in [2.45, 2.75) is 13.8 Å². The highest BCUT2D eigenvalue weighted by Gasteiger charge is 2.14. The summed E-state index contributed by atoms with van der Waals surface area (Å²) in [5.41, 5.74) is 2.61. The Morgan fingerprint density at radius 1 is 0.792 bits per heavy atom. The van der Waals surface area contributed by atoms with Gasteiger partial charge in [-0.25, -0.2) is 0 Å². The number of aryl methyl sites for hydroxylation is 1. The second-order valence-electron chi connectivity index (χ2n) is 5.13. The number of rotatable bonds is 3. The van der Waals surface area contributed by atoms with Gasteiger partial charge in [0.25, 0.3) is 0 Å². The topological polar surface area (TPSA) is 87.3 Å². The van der Waals surface area contributed by atoms with Gasteiger partial charge in [0.2, 0.25) is 5.91 Å². The van der Waals surface area contributed by atoms with Crippen LogP contribution in [-0.4, -0.2) is 17.7 Å². The van der Waals surface area contributed by atoms with Crippen molar-refractivity contribution in [3.63, 3.8) is 0 Å².